The number of Topliss-reactive ketones (excluding diaryl/α,β-unsaturated/α-hetero) is 1. The van der Waals surface area contributed by atoms with Gasteiger partial charge in [0.2, 0.25) is 0 Å². The fourth-order valence-electron chi connectivity index (χ4n) is 2.34. The van der Waals surface area contributed by atoms with Gasteiger partial charge in [-0.15, -0.1) is 0 Å². The molecule has 0 saturated carbocycles. The largest absolute Gasteiger partial charge is 0.503 e. The van der Waals surface area contributed by atoms with E-state index in [1.54, 1.807) is 48.5 Å². The molecule has 124 valence electrons. The van der Waals surface area contributed by atoms with Crippen LogP contribution in [0.2, 0.25) is 5.02 Å². The Morgan fingerprint density at radius 2 is 1.62 bits per heavy atom. The summed E-state index contributed by atoms with van der Waals surface area (Å²) >= 11 is 6.08. The molecule has 2 aromatic carbocycles. The standard InChI is InChI=1S/C19H17ClO4/c1-23-12-16(19(22)24-2)14-8-4-3-7-13(14)11-18(21)15-9-5-6-10-17(15)20/h3-10,12H,11H2,1-2H3/b16-12-. The summed E-state index contributed by atoms with van der Waals surface area (Å²) < 4.78 is 9.77. The topological polar surface area (TPSA) is 52.6 Å². The maximum absolute atomic E-state index is 12.6. The molecule has 2 rings (SSSR count). The molecule has 0 amide bonds. The summed E-state index contributed by atoms with van der Waals surface area (Å²) in [5, 5.41) is 0.403. The molecule has 0 aliphatic carbocycles. The van der Waals surface area contributed by atoms with E-state index in [-0.39, 0.29) is 17.8 Å². The number of carbonyl (C=O) groups is 2. The van der Waals surface area contributed by atoms with E-state index in [0.29, 0.717) is 21.7 Å². The lowest BCUT2D eigenvalue weighted by Gasteiger charge is -2.11. The van der Waals surface area contributed by atoms with Gasteiger partial charge in [-0.3, -0.25) is 4.79 Å². The summed E-state index contributed by atoms with van der Waals surface area (Å²) in [6, 6.07) is 14.0. The quantitative estimate of drug-likeness (QED) is 0.345. The predicted molar refractivity (Wildman–Crippen MR) is 92.9 cm³/mol. The molecule has 0 atom stereocenters. The Balaban J connectivity index is 2.39. The zero-order valence-corrected chi connectivity index (χ0v) is 14.2. The van der Waals surface area contributed by atoms with E-state index in [1.165, 1.54) is 20.5 Å². The predicted octanol–water partition coefficient (Wildman–Crippen LogP) is 3.93. The van der Waals surface area contributed by atoms with E-state index < -0.39 is 5.97 Å². The summed E-state index contributed by atoms with van der Waals surface area (Å²) in [7, 11) is 2.74. The van der Waals surface area contributed by atoms with Gasteiger partial charge in [-0.25, -0.2) is 4.79 Å². The molecule has 2 aromatic rings. The van der Waals surface area contributed by atoms with Crippen molar-refractivity contribution in [2.24, 2.45) is 0 Å². The third-order valence-electron chi connectivity index (χ3n) is 3.47. The lowest BCUT2D eigenvalue weighted by atomic mass is 9.95. The van der Waals surface area contributed by atoms with Crippen LogP contribution in [-0.2, 0) is 20.7 Å². The Labute approximate surface area is 145 Å². The second-order valence-corrected chi connectivity index (χ2v) is 5.40. The first-order chi connectivity index (χ1) is 11.6. The minimum atomic E-state index is -0.533. The van der Waals surface area contributed by atoms with Crippen LogP contribution in [0, 0.1) is 0 Å². The van der Waals surface area contributed by atoms with Gasteiger partial charge in [-0.2, -0.15) is 0 Å². The average Bonchev–Trinajstić information content (AvgIpc) is 2.60. The average molecular weight is 345 g/mol. The van der Waals surface area contributed by atoms with Gasteiger partial charge in [0.1, 0.15) is 5.57 Å². The van der Waals surface area contributed by atoms with E-state index in [2.05, 4.69) is 0 Å². The maximum atomic E-state index is 12.6. The van der Waals surface area contributed by atoms with Crippen LogP contribution in [0.5, 0.6) is 0 Å². The molecule has 0 radical (unpaired) electrons. The molecular formula is C19H17ClO4. The number of halogens is 1. The number of esters is 1. The molecule has 0 aliphatic rings. The summed E-state index contributed by atoms with van der Waals surface area (Å²) in [5.41, 5.74) is 1.98. The van der Waals surface area contributed by atoms with Gasteiger partial charge in [0, 0.05) is 12.0 Å². The Hall–Kier alpha value is -2.59. The van der Waals surface area contributed by atoms with Crippen molar-refractivity contribution < 1.29 is 19.1 Å². The first kappa shape index (κ1) is 17.8. The smallest absolute Gasteiger partial charge is 0.341 e. The highest BCUT2D eigenvalue weighted by Gasteiger charge is 2.19. The van der Waals surface area contributed by atoms with Crippen LogP contribution in [0.1, 0.15) is 21.5 Å². The second-order valence-electron chi connectivity index (χ2n) is 5.00. The van der Waals surface area contributed by atoms with Crippen LogP contribution in [-0.4, -0.2) is 26.0 Å². The lowest BCUT2D eigenvalue weighted by Crippen LogP contribution is -2.10. The second kappa shape index (κ2) is 8.31. The summed E-state index contributed by atoms with van der Waals surface area (Å²) in [6.45, 7) is 0. The molecule has 0 spiro atoms. The minimum absolute atomic E-state index is 0.109. The molecule has 4 nitrogen and oxygen atoms in total. The SMILES string of the molecule is CO/C=C(\C(=O)OC)c1ccccc1CC(=O)c1ccccc1Cl. The zero-order chi connectivity index (χ0) is 17.5. The Kier molecular flexibility index (Phi) is 6.15. The third kappa shape index (κ3) is 4.03. The van der Waals surface area contributed by atoms with Crippen LogP contribution < -0.4 is 0 Å². The fourth-order valence-corrected chi connectivity index (χ4v) is 2.58. The van der Waals surface area contributed by atoms with Gasteiger partial charge in [0.15, 0.2) is 5.78 Å². The third-order valence-corrected chi connectivity index (χ3v) is 3.80. The fraction of sp³-hybridized carbons (Fsp3) is 0.158. The molecule has 0 aromatic heterocycles. The summed E-state index contributed by atoms with van der Waals surface area (Å²) in [6.07, 6.45) is 1.42. The monoisotopic (exact) mass is 344 g/mol. The summed E-state index contributed by atoms with van der Waals surface area (Å²) in [5.74, 6) is -0.663. The van der Waals surface area contributed by atoms with E-state index in [4.69, 9.17) is 21.1 Å². The van der Waals surface area contributed by atoms with Crippen molar-refractivity contribution in [2.45, 2.75) is 6.42 Å². The van der Waals surface area contributed by atoms with E-state index in [1.807, 2.05) is 0 Å². The maximum Gasteiger partial charge on any atom is 0.341 e. The number of carbonyl (C=O) groups excluding carboxylic acids is 2. The number of benzene rings is 2. The number of ether oxygens (including phenoxy) is 2. The van der Waals surface area contributed by atoms with Crippen molar-refractivity contribution in [3.8, 4) is 0 Å². The molecule has 0 N–H and O–H groups in total. The highest BCUT2D eigenvalue weighted by Crippen LogP contribution is 2.24. The van der Waals surface area contributed by atoms with Crippen molar-refractivity contribution in [1.82, 2.24) is 0 Å². The van der Waals surface area contributed by atoms with E-state index >= 15 is 0 Å². The van der Waals surface area contributed by atoms with Gasteiger partial charge in [-0.1, -0.05) is 48.0 Å². The number of ketones is 1. The number of methoxy groups -OCH3 is 2. The number of hydrogen-bond donors (Lipinski definition) is 0. The highest BCUT2D eigenvalue weighted by molar-refractivity contribution is 6.34. The van der Waals surface area contributed by atoms with Gasteiger partial charge in [0.25, 0.3) is 0 Å². The highest BCUT2D eigenvalue weighted by atomic mass is 35.5. The van der Waals surface area contributed by atoms with Crippen LogP contribution in [0.25, 0.3) is 5.57 Å². The Morgan fingerprint density at radius 3 is 2.25 bits per heavy atom. The Bertz CT molecular complexity index is 780. The molecule has 0 fully saturated rings. The number of rotatable bonds is 6. The van der Waals surface area contributed by atoms with Crippen molar-refractivity contribution >= 4 is 28.9 Å². The number of hydrogen-bond acceptors (Lipinski definition) is 4. The summed E-state index contributed by atoms with van der Waals surface area (Å²) in [4.78, 5) is 24.5. The van der Waals surface area contributed by atoms with Crippen molar-refractivity contribution in [3.05, 3.63) is 76.5 Å². The molecule has 24 heavy (non-hydrogen) atoms. The molecule has 0 bridgehead atoms. The van der Waals surface area contributed by atoms with Gasteiger partial charge < -0.3 is 9.47 Å². The van der Waals surface area contributed by atoms with Crippen LogP contribution in [0.3, 0.4) is 0 Å². The van der Waals surface area contributed by atoms with E-state index in [0.717, 1.165) is 0 Å². The minimum Gasteiger partial charge on any atom is -0.503 e. The van der Waals surface area contributed by atoms with Crippen LogP contribution in [0.15, 0.2) is 54.8 Å². The van der Waals surface area contributed by atoms with Gasteiger partial charge in [-0.05, 0) is 23.3 Å². The first-order valence-corrected chi connectivity index (χ1v) is 7.63. The van der Waals surface area contributed by atoms with Crippen molar-refractivity contribution in [1.29, 1.82) is 0 Å². The molecule has 5 heteroatoms. The normalized spacial score (nSPS) is 11.0. The van der Waals surface area contributed by atoms with Crippen LogP contribution >= 0.6 is 11.6 Å². The zero-order valence-electron chi connectivity index (χ0n) is 13.4. The molecule has 0 aliphatic heterocycles. The molecule has 0 unspecified atom stereocenters. The molecular weight excluding hydrogens is 328 g/mol. The lowest BCUT2D eigenvalue weighted by molar-refractivity contribution is -0.133. The first-order valence-electron chi connectivity index (χ1n) is 7.25. The molecule has 0 saturated heterocycles. The Morgan fingerprint density at radius 1 is 1.00 bits per heavy atom. The van der Waals surface area contributed by atoms with Gasteiger partial charge in [0.05, 0.1) is 25.5 Å². The molecule has 0 heterocycles. The van der Waals surface area contributed by atoms with Crippen molar-refractivity contribution in [3.63, 3.8) is 0 Å². The van der Waals surface area contributed by atoms with E-state index in [9.17, 15) is 9.59 Å². The van der Waals surface area contributed by atoms with Crippen LogP contribution in [0.4, 0.5) is 0 Å². The van der Waals surface area contributed by atoms with Gasteiger partial charge >= 0.3 is 5.97 Å². The van der Waals surface area contributed by atoms with Crippen molar-refractivity contribution in [2.75, 3.05) is 14.2 Å².